The third-order valence-electron chi connectivity index (χ3n) is 3.98. The van der Waals surface area contributed by atoms with Crippen LogP contribution in [-0.4, -0.2) is 23.9 Å². The standard InChI is InChI=1S/C17H19ClN2OS/c18-14-7-5-13(6-8-14)11-19-17(21)12-20-9-1-3-15(20)16-4-2-10-22-16/h2,4-8,10,15H,1,3,9,11-12H2,(H,19,21)/t15-/m1/s1. The number of nitrogens with zero attached hydrogens (tertiary/aromatic N) is 1. The molecule has 5 heteroatoms. The van der Waals surface area contributed by atoms with E-state index in [1.807, 2.05) is 24.3 Å². The highest BCUT2D eigenvalue weighted by Gasteiger charge is 2.27. The molecule has 0 unspecified atom stereocenters. The number of carbonyl (C=O) groups is 1. The Morgan fingerprint density at radius 2 is 2.14 bits per heavy atom. The second-order valence-electron chi connectivity index (χ2n) is 5.55. The molecule has 1 aromatic heterocycles. The van der Waals surface area contributed by atoms with E-state index in [4.69, 9.17) is 11.6 Å². The highest BCUT2D eigenvalue weighted by atomic mass is 35.5. The van der Waals surface area contributed by atoms with Crippen molar-refractivity contribution in [3.63, 3.8) is 0 Å². The van der Waals surface area contributed by atoms with E-state index >= 15 is 0 Å². The van der Waals surface area contributed by atoms with Crippen LogP contribution in [0.1, 0.15) is 29.3 Å². The molecule has 1 N–H and O–H groups in total. The Morgan fingerprint density at radius 3 is 2.86 bits per heavy atom. The van der Waals surface area contributed by atoms with Gasteiger partial charge < -0.3 is 5.32 Å². The molecule has 22 heavy (non-hydrogen) atoms. The summed E-state index contributed by atoms with van der Waals surface area (Å²) in [5.41, 5.74) is 1.06. The summed E-state index contributed by atoms with van der Waals surface area (Å²) < 4.78 is 0. The number of carbonyl (C=O) groups excluding carboxylic acids is 1. The lowest BCUT2D eigenvalue weighted by molar-refractivity contribution is -0.122. The van der Waals surface area contributed by atoms with E-state index in [0.29, 0.717) is 24.2 Å². The van der Waals surface area contributed by atoms with Gasteiger partial charge in [-0.1, -0.05) is 29.8 Å². The van der Waals surface area contributed by atoms with Crippen LogP contribution in [0.5, 0.6) is 0 Å². The van der Waals surface area contributed by atoms with Crippen molar-refractivity contribution in [2.75, 3.05) is 13.1 Å². The normalized spacial score (nSPS) is 18.5. The van der Waals surface area contributed by atoms with Gasteiger partial charge in [0.05, 0.1) is 6.54 Å². The molecule has 1 aromatic carbocycles. The first-order valence-corrected chi connectivity index (χ1v) is 8.77. The number of halogens is 1. The van der Waals surface area contributed by atoms with Gasteiger partial charge in [0, 0.05) is 22.5 Å². The molecule has 0 bridgehead atoms. The molecule has 0 aliphatic carbocycles. The number of thiophene rings is 1. The maximum absolute atomic E-state index is 12.2. The number of amides is 1. The smallest absolute Gasteiger partial charge is 0.234 e. The van der Waals surface area contributed by atoms with Gasteiger partial charge in [0.25, 0.3) is 0 Å². The number of rotatable bonds is 5. The third kappa shape index (κ3) is 3.88. The number of likely N-dealkylation sites (tertiary alicyclic amines) is 1. The van der Waals surface area contributed by atoms with E-state index in [1.54, 1.807) is 11.3 Å². The van der Waals surface area contributed by atoms with Gasteiger partial charge in [-0.05, 0) is 48.5 Å². The SMILES string of the molecule is O=C(CN1CCC[C@@H]1c1cccs1)NCc1ccc(Cl)cc1. The number of nitrogens with one attached hydrogen (secondary N) is 1. The predicted molar refractivity (Wildman–Crippen MR) is 91.2 cm³/mol. The van der Waals surface area contributed by atoms with Crippen molar-refractivity contribution in [2.45, 2.75) is 25.4 Å². The van der Waals surface area contributed by atoms with Gasteiger partial charge in [0.15, 0.2) is 0 Å². The van der Waals surface area contributed by atoms with Gasteiger partial charge in [0.2, 0.25) is 5.91 Å². The van der Waals surface area contributed by atoms with Crippen LogP contribution in [0, 0.1) is 0 Å². The average Bonchev–Trinajstić information content (AvgIpc) is 3.17. The number of hydrogen-bond acceptors (Lipinski definition) is 3. The molecule has 0 saturated carbocycles. The Morgan fingerprint density at radius 1 is 1.32 bits per heavy atom. The summed E-state index contributed by atoms with van der Waals surface area (Å²) in [5, 5.41) is 5.81. The molecule has 0 spiro atoms. The van der Waals surface area contributed by atoms with Crippen molar-refractivity contribution in [1.29, 1.82) is 0 Å². The molecular formula is C17H19ClN2OS. The zero-order valence-corrected chi connectivity index (χ0v) is 13.9. The van der Waals surface area contributed by atoms with Crippen molar-refractivity contribution in [1.82, 2.24) is 10.2 Å². The van der Waals surface area contributed by atoms with Crippen LogP contribution in [-0.2, 0) is 11.3 Å². The van der Waals surface area contributed by atoms with E-state index in [0.717, 1.165) is 24.9 Å². The van der Waals surface area contributed by atoms with Crippen LogP contribution >= 0.6 is 22.9 Å². The molecule has 2 aromatic rings. The van der Waals surface area contributed by atoms with Crippen molar-refractivity contribution < 1.29 is 4.79 Å². The molecule has 2 heterocycles. The highest BCUT2D eigenvalue weighted by molar-refractivity contribution is 7.10. The van der Waals surface area contributed by atoms with E-state index in [-0.39, 0.29) is 5.91 Å². The minimum atomic E-state index is 0.0819. The summed E-state index contributed by atoms with van der Waals surface area (Å²) in [6.45, 7) is 2.01. The van der Waals surface area contributed by atoms with Crippen LogP contribution in [0.3, 0.4) is 0 Å². The highest BCUT2D eigenvalue weighted by Crippen LogP contribution is 2.33. The van der Waals surface area contributed by atoms with Gasteiger partial charge in [0.1, 0.15) is 0 Å². The average molecular weight is 335 g/mol. The summed E-state index contributed by atoms with van der Waals surface area (Å²) in [6.07, 6.45) is 2.30. The van der Waals surface area contributed by atoms with Crippen LogP contribution in [0.4, 0.5) is 0 Å². The Balaban J connectivity index is 1.52. The zero-order chi connectivity index (χ0) is 15.4. The minimum absolute atomic E-state index is 0.0819. The molecule has 1 amide bonds. The Hall–Kier alpha value is -1.36. The number of hydrogen-bond donors (Lipinski definition) is 1. The lowest BCUT2D eigenvalue weighted by atomic mass is 10.2. The van der Waals surface area contributed by atoms with Crippen molar-refractivity contribution >= 4 is 28.8 Å². The first-order valence-electron chi connectivity index (χ1n) is 7.51. The maximum atomic E-state index is 12.2. The fourth-order valence-electron chi connectivity index (χ4n) is 2.86. The lowest BCUT2D eigenvalue weighted by Gasteiger charge is -2.22. The van der Waals surface area contributed by atoms with Crippen LogP contribution < -0.4 is 5.32 Å². The van der Waals surface area contributed by atoms with E-state index in [1.165, 1.54) is 4.88 Å². The van der Waals surface area contributed by atoms with Crippen molar-refractivity contribution in [3.8, 4) is 0 Å². The van der Waals surface area contributed by atoms with E-state index in [9.17, 15) is 4.79 Å². The van der Waals surface area contributed by atoms with Gasteiger partial charge in [-0.2, -0.15) is 0 Å². The van der Waals surface area contributed by atoms with E-state index in [2.05, 4.69) is 27.7 Å². The Bertz CT molecular complexity index is 612. The van der Waals surface area contributed by atoms with Gasteiger partial charge in [-0.3, -0.25) is 9.69 Å². The topological polar surface area (TPSA) is 32.3 Å². The second-order valence-corrected chi connectivity index (χ2v) is 6.96. The summed E-state index contributed by atoms with van der Waals surface area (Å²) in [5.74, 6) is 0.0819. The monoisotopic (exact) mass is 334 g/mol. The van der Waals surface area contributed by atoms with Crippen LogP contribution in [0.15, 0.2) is 41.8 Å². The predicted octanol–water partition coefficient (Wildman–Crippen LogP) is 3.85. The van der Waals surface area contributed by atoms with Crippen LogP contribution in [0.2, 0.25) is 5.02 Å². The lowest BCUT2D eigenvalue weighted by Crippen LogP contribution is -2.36. The molecule has 3 rings (SSSR count). The zero-order valence-electron chi connectivity index (χ0n) is 12.3. The first kappa shape index (κ1) is 15.5. The molecular weight excluding hydrogens is 316 g/mol. The van der Waals surface area contributed by atoms with Crippen molar-refractivity contribution in [3.05, 3.63) is 57.2 Å². The molecule has 1 atom stereocenters. The van der Waals surface area contributed by atoms with Gasteiger partial charge in [-0.25, -0.2) is 0 Å². The molecule has 116 valence electrons. The third-order valence-corrected chi connectivity index (χ3v) is 5.21. The second kappa shape index (κ2) is 7.27. The Kier molecular flexibility index (Phi) is 5.13. The summed E-state index contributed by atoms with van der Waals surface area (Å²) in [7, 11) is 0. The number of benzene rings is 1. The summed E-state index contributed by atoms with van der Waals surface area (Å²) in [4.78, 5) is 15.8. The minimum Gasteiger partial charge on any atom is -0.351 e. The maximum Gasteiger partial charge on any atom is 0.234 e. The fourth-order valence-corrected chi connectivity index (χ4v) is 3.88. The molecule has 1 fully saturated rings. The van der Waals surface area contributed by atoms with E-state index < -0.39 is 0 Å². The molecule has 3 nitrogen and oxygen atoms in total. The molecule has 1 saturated heterocycles. The Labute approximate surface area is 139 Å². The van der Waals surface area contributed by atoms with Gasteiger partial charge in [-0.15, -0.1) is 11.3 Å². The summed E-state index contributed by atoms with van der Waals surface area (Å²) in [6, 6.07) is 12.2. The molecule has 0 radical (unpaired) electrons. The largest absolute Gasteiger partial charge is 0.351 e. The first-order chi connectivity index (χ1) is 10.7. The van der Waals surface area contributed by atoms with Gasteiger partial charge >= 0.3 is 0 Å². The molecule has 1 aliphatic heterocycles. The summed E-state index contributed by atoms with van der Waals surface area (Å²) >= 11 is 7.64. The molecule has 1 aliphatic rings. The van der Waals surface area contributed by atoms with Crippen molar-refractivity contribution in [2.24, 2.45) is 0 Å². The van der Waals surface area contributed by atoms with Crippen LogP contribution in [0.25, 0.3) is 0 Å². The fraction of sp³-hybridized carbons (Fsp3) is 0.353. The quantitative estimate of drug-likeness (QED) is 0.900.